The minimum absolute atomic E-state index is 0.194. The Hall–Kier alpha value is -2.28. The molecule has 24 heavy (non-hydrogen) atoms. The van der Waals surface area contributed by atoms with Gasteiger partial charge in [0.15, 0.2) is 0 Å². The Kier molecular flexibility index (Phi) is 5.20. The minimum atomic E-state index is -0.194. The van der Waals surface area contributed by atoms with Crippen LogP contribution in [0, 0.1) is 17.2 Å². The molecule has 0 radical (unpaired) electrons. The van der Waals surface area contributed by atoms with E-state index in [4.69, 9.17) is 0 Å². The highest BCUT2D eigenvalue weighted by atomic mass is 16.2. The van der Waals surface area contributed by atoms with Crippen LogP contribution in [-0.2, 0) is 11.2 Å². The first-order valence-corrected chi connectivity index (χ1v) is 8.97. The number of nitrogens with zero attached hydrogens (tertiary/aromatic N) is 2. The number of nitriles is 1. The van der Waals surface area contributed by atoms with Crippen LogP contribution in [0.2, 0.25) is 0 Å². The summed E-state index contributed by atoms with van der Waals surface area (Å²) >= 11 is 0. The Labute approximate surface area is 144 Å². The van der Waals surface area contributed by atoms with Crippen LogP contribution in [0.4, 0.5) is 5.69 Å². The largest absolute Gasteiger partial charge is 0.387 e. The van der Waals surface area contributed by atoms with Gasteiger partial charge in [0.2, 0.25) is 0 Å². The number of benzene rings is 1. The van der Waals surface area contributed by atoms with Crippen LogP contribution >= 0.6 is 0 Å². The number of fused-ring (bicyclic) bond motifs is 1. The number of carbonyl (C=O) groups is 1. The van der Waals surface area contributed by atoms with Crippen LogP contribution in [0.5, 0.6) is 0 Å². The summed E-state index contributed by atoms with van der Waals surface area (Å²) in [7, 11) is 0. The number of para-hydroxylation sites is 1. The standard InChI is InChI=1S/C20H25N3O/c1-15-7-2-4-10-18(15)22-14-17(13-21)20(24)23-12-6-9-16-8-3-5-11-19(16)23/h3,5,8,11,14-15,18,22H,2,4,6-7,9-10,12H2,1H3/b17-14-. The van der Waals surface area contributed by atoms with Crippen molar-refractivity contribution in [2.24, 2.45) is 5.92 Å². The summed E-state index contributed by atoms with van der Waals surface area (Å²) in [5.74, 6) is 0.390. The predicted molar refractivity (Wildman–Crippen MR) is 95.4 cm³/mol. The number of carbonyl (C=O) groups excluding carboxylic acids is 1. The number of anilines is 1. The first-order valence-electron chi connectivity index (χ1n) is 8.97. The molecule has 3 rings (SSSR count). The molecular formula is C20H25N3O. The average Bonchev–Trinajstić information content (AvgIpc) is 2.63. The van der Waals surface area contributed by atoms with Crippen molar-refractivity contribution in [3.8, 4) is 6.07 Å². The molecule has 1 fully saturated rings. The first kappa shape index (κ1) is 16.6. The van der Waals surface area contributed by atoms with E-state index in [9.17, 15) is 10.1 Å². The molecule has 126 valence electrons. The number of rotatable bonds is 3. The molecule has 1 aromatic carbocycles. The molecule has 1 aliphatic heterocycles. The summed E-state index contributed by atoms with van der Waals surface area (Å²) in [5, 5.41) is 12.8. The number of nitrogens with one attached hydrogen (secondary N) is 1. The number of hydrogen-bond donors (Lipinski definition) is 1. The van der Waals surface area contributed by atoms with Gasteiger partial charge in [-0.3, -0.25) is 4.79 Å². The van der Waals surface area contributed by atoms with Gasteiger partial charge in [0.1, 0.15) is 11.6 Å². The average molecular weight is 323 g/mol. The maximum Gasteiger partial charge on any atom is 0.270 e. The van der Waals surface area contributed by atoms with E-state index in [-0.39, 0.29) is 11.5 Å². The van der Waals surface area contributed by atoms with Gasteiger partial charge in [-0.15, -0.1) is 0 Å². The number of hydrogen-bond acceptors (Lipinski definition) is 3. The number of aryl methyl sites for hydroxylation is 1. The van der Waals surface area contributed by atoms with Crippen LogP contribution < -0.4 is 10.2 Å². The highest BCUT2D eigenvalue weighted by molar-refractivity contribution is 6.08. The molecule has 1 saturated carbocycles. The zero-order valence-corrected chi connectivity index (χ0v) is 14.3. The summed E-state index contributed by atoms with van der Waals surface area (Å²) in [6.45, 7) is 2.91. The third-order valence-corrected chi connectivity index (χ3v) is 5.26. The van der Waals surface area contributed by atoms with Gasteiger partial charge in [-0.1, -0.05) is 38.0 Å². The maximum absolute atomic E-state index is 12.8. The van der Waals surface area contributed by atoms with Gasteiger partial charge >= 0.3 is 0 Å². The molecule has 1 N–H and O–H groups in total. The maximum atomic E-state index is 12.8. The quantitative estimate of drug-likeness (QED) is 0.684. The summed E-state index contributed by atoms with van der Waals surface area (Å²) in [5.41, 5.74) is 2.33. The van der Waals surface area contributed by atoms with Crippen molar-refractivity contribution in [2.75, 3.05) is 11.4 Å². The zero-order chi connectivity index (χ0) is 16.9. The van der Waals surface area contributed by atoms with Crippen molar-refractivity contribution in [3.05, 3.63) is 41.6 Å². The molecule has 0 aromatic heterocycles. The van der Waals surface area contributed by atoms with E-state index in [0.717, 1.165) is 24.9 Å². The van der Waals surface area contributed by atoms with Crippen LogP contribution in [-0.4, -0.2) is 18.5 Å². The lowest BCUT2D eigenvalue weighted by Crippen LogP contribution is -2.38. The van der Waals surface area contributed by atoms with E-state index in [0.29, 0.717) is 18.5 Å². The topological polar surface area (TPSA) is 56.1 Å². The van der Waals surface area contributed by atoms with E-state index < -0.39 is 0 Å². The highest BCUT2D eigenvalue weighted by Gasteiger charge is 2.26. The molecule has 0 bridgehead atoms. The van der Waals surface area contributed by atoms with Crippen molar-refractivity contribution >= 4 is 11.6 Å². The van der Waals surface area contributed by atoms with Crippen LogP contribution in [0.3, 0.4) is 0 Å². The van der Waals surface area contributed by atoms with Crippen LogP contribution in [0.1, 0.15) is 44.6 Å². The molecule has 0 saturated heterocycles. The molecule has 4 nitrogen and oxygen atoms in total. The second-order valence-corrected chi connectivity index (χ2v) is 6.89. The van der Waals surface area contributed by atoms with Crippen molar-refractivity contribution in [2.45, 2.75) is 51.5 Å². The molecule has 2 atom stereocenters. The zero-order valence-electron chi connectivity index (χ0n) is 14.3. The molecular weight excluding hydrogens is 298 g/mol. The van der Waals surface area contributed by atoms with E-state index in [1.165, 1.54) is 24.8 Å². The molecule has 2 aliphatic rings. The smallest absolute Gasteiger partial charge is 0.270 e. The van der Waals surface area contributed by atoms with Crippen molar-refractivity contribution < 1.29 is 4.79 Å². The summed E-state index contributed by atoms with van der Waals surface area (Å²) in [6.07, 6.45) is 8.38. The molecule has 1 heterocycles. The van der Waals surface area contributed by atoms with Gasteiger partial charge < -0.3 is 10.2 Å². The molecule has 0 spiro atoms. The summed E-state index contributed by atoms with van der Waals surface area (Å²) in [4.78, 5) is 14.6. The van der Waals surface area contributed by atoms with Crippen LogP contribution in [0.15, 0.2) is 36.0 Å². The fourth-order valence-electron chi connectivity index (χ4n) is 3.79. The molecule has 2 unspecified atom stereocenters. The molecule has 1 aliphatic carbocycles. The summed E-state index contributed by atoms with van der Waals surface area (Å²) in [6, 6.07) is 10.4. The highest BCUT2D eigenvalue weighted by Crippen LogP contribution is 2.28. The fourth-order valence-corrected chi connectivity index (χ4v) is 3.79. The Morgan fingerprint density at radius 3 is 2.88 bits per heavy atom. The van der Waals surface area contributed by atoms with Gasteiger partial charge in [0.05, 0.1) is 0 Å². The Bertz CT molecular complexity index is 674. The minimum Gasteiger partial charge on any atom is -0.387 e. The monoisotopic (exact) mass is 323 g/mol. The van der Waals surface area contributed by atoms with Crippen LogP contribution in [0.25, 0.3) is 0 Å². The van der Waals surface area contributed by atoms with Crippen molar-refractivity contribution in [1.29, 1.82) is 5.26 Å². The predicted octanol–water partition coefficient (Wildman–Crippen LogP) is 3.54. The molecule has 1 amide bonds. The second-order valence-electron chi connectivity index (χ2n) is 6.89. The van der Waals surface area contributed by atoms with E-state index in [1.807, 2.05) is 18.2 Å². The van der Waals surface area contributed by atoms with Gasteiger partial charge in [0.25, 0.3) is 5.91 Å². The van der Waals surface area contributed by atoms with E-state index >= 15 is 0 Å². The molecule has 4 heteroatoms. The van der Waals surface area contributed by atoms with E-state index in [2.05, 4.69) is 24.4 Å². The second kappa shape index (κ2) is 7.53. The third kappa shape index (κ3) is 3.46. The van der Waals surface area contributed by atoms with Crippen molar-refractivity contribution in [1.82, 2.24) is 5.32 Å². The Morgan fingerprint density at radius 1 is 1.29 bits per heavy atom. The van der Waals surface area contributed by atoms with Gasteiger partial charge in [-0.25, -0.2) is 0 Å². The Balaban J connectivity index is 1.75. The van der Waals surface area contributed by atoms with Gasteiger partial charge in [0, 0.05) is 24.5 Å². The van der Waals surface area contributed by atoms with Gasteiger partial charge in [-0.2, -0.15) is 5.26 Å². The third-order valence-electron chi connectivity index (χ3n) is 5.26. The number of amides is 1. The normalized spacial score (nSPS) is 24.0. The fraction of sp³-hybridized carbons (Fsp3) is 0.500. The van der Waals surface area contributed by atoms with Gasteiger partial charge in [-0.05, 0) is 43.2 Å². The lowest BCUT2D eigenvalue weighted by Gasteiger charge is -2.30. The lowest BCUT2D eigenvalue weighted by molar-refractivity contribution is -0.114. The van der Waals surface area contributed by atoms with Crippen molar-refractivity contribution in [3.63, 3.8) is 0 Å². The van der Waals surface area contributed by atoms with E-state index in [1.54, 1.807) is 11.1 Å². The molecule has 1 aromatic rings. The Morgan fingerprint density at radius 2 is 2.08 bits per heavy atom. The lowest BCUT2D eigenvalue weighted by atomic mass is 9.86. The summed E-state index contributed by atoms with van der Waals surface area (Å²) < 4.78 is 0. The first-order chi connectivity index (χ1) is 11.7. The SMILES string of the molecule is CC1CCCCC1N/C=C(/C#N)C(=O)N1CCCc2ccccc21.